The van der Waals surface area contributed by atoms with E-state index in [9.17, 15) is 14.7 Å². The van der Waals surface area contributed by atoms with Crippen molar-refractivity contribution in [3.63, 3.8) is 0 Å². The Morgan fingerprint density at radius 2 is 1.83 bits per heavy atom. The lowest BCUT2D eigenvalue weighted by atomic mass is 9.86. The van der Waals surface area contributed by atoms with Gasteiger partial charge in [-0.05, 0) is 37.4 Å². The average molecular weight is 417 g/mol. The predicted molar refractivity (Wildman–Crippen MR) is 112 cm³/mol. The number of hydrogen-bond donors (Lipinski definition) is 1. The molecule has 8 heteroatoms. The minimum Gasteiger partial charge on any atom is -0.480 e. The summed E-state index contributed by atoms with van der Waals surface area (Å²) in [5.41, 5.74) is 1.33. The molecule has 1 N–H and O–H groups in total. The molecule has 0 bridgehead atoms. The van der Waals surface area contributed by atoms with E-state index >= 15 is 0 Å². The van der Waals surface area contributed by atoms with E-state index in [1.54, 1.807) is 11.9 Å². The van der Waals surface area contributed by atoms with Gasteiger partial charge in [-0.1, -0.05) is 30.3 Å². The van der Waals surface area contributed by atoms with Crippen molar-refractivity contribution in [2.75, 3.05) is 52.9 Å². The first-order chi connectivity index (χ1) is 14.5. The first kappa shape index (κ1) is 21.1. The molecule has 4 rings (SSSR count). The van der Waals surface area contributed by atoms with Crippen LogP contribution in [-0.2, 0) is 16.1 Å². The number of hydrogen-bond acceptors (Lipinski definition) is 6. The largest absolute Gasteiger partial charge is 0.480 e. The number of nitrogens with zero attached hydrogens (tertiary/aromatic N) is 4. The van der Waals surface area contributed by atoms with Crippen molar-refractivity contribution in [2.45, 2.75) is 31.7 Å². The summed E-state index contributed by atoms with van der Waals surface area (Å²) in [4.78, 5) is 31.7. The van der Waals surface area contributed by atoms with Crippen molar-refractivity contribution < 1.29 is 19.4 Å². The molecule has 1 amide bonds. The van der Waals surface area contributed by atoms with Gasteiger partial charge in [-0.25, -0.2) is 4.79 Å². The summed E-state index contributed by atoms with van der Waals surface area (Å²) in [6.45, 7) is 5.83. The molecule has 3 aliphatic heterocycles. The van der Waals surface area contributed by atoms with Crippen LogP contribution in [0, 0.1) is 5.92 Å². The molecule has 3 heterocycles. The zero-order chi connectivity index (χ0) is 21.1. The summed E-state index contributed by atoms with van der Waals surface area (Å²) in [5.74, 6) is -0.323. The Bertz CT molecular complexity index is 738. The van der Waals surface area contributed by atoms with Crippen LogP contribution in [-0.4, -0.2) is 102 Å². The van der Waals surface area contributed by atoms with Crippen LogP contribution in [0.15, 0.2) is 30.3 Å². The van der Waals surface area contributed by atoms with Crippen LogP contribution in [0.4, 0.5) is 4.79 Å². The normalized spacial score (nSPS) is 27.4. The molecule has 1 aromatic rings. The Labute approximate surface area is 178 Å². The number of rotatable bonds is 6. The number of cyclic esters (lactones) is 1. The predicted octanol–water partition coefficient (Wildman–Crippen LogP) is 1.38. The first-order valence-electron chi connectivity index (χ1n) is 10.9. The number of likely N-dealkylation sites (N-methyl/N-ethyl adjacent to an activating group) is 1. The molecule has 2 atom stereocenters. The molecule has 3 saturated heterocycles. The van der Waals surface area contributed by atoms with Crippen molar-refractivity contribution >= 4 is 12.1 Å². The Hall–Kier alpha value is -2.16. The first-order valence-corrected chi connectivity index (χ1v) is 10.9. The maximum Gasteiger partial charge on any atom is 0.411 e. The van der Waals surface area contributed by atoms with Crippen molar-refractivity contribution in [1.29, 1.82) is 0 Å². The number of aliphatic carboxylic acids is 1. The van der Waals surface area contributed by atoms with Gasteiger partial charge in [0.05, 0.1) is 13.1 Å². The van der Waals surface area contributed by atoms with Gasteiger partial charge in [-0.2, -0.15) is 0 Å². The molecule has 3 aliphatic rings. The quantitative estimate of drug-likeness (QED) is 0.751. The van der Waals surface area contributed by atoms with E-state index in [1.165, 1.54) is 5.56 Å². The Kier molecular flexibility index (Phi) is 6.55. The van der Waals surface area contributed by atoms with Gasteiger partial charge in [0.1, 0.15) is 0 Å². The molecule has 2 unspecified atom stereocenters. The lowest BCUT2D eigenvalue weighted by molar-refractivity contribution is -0.141. The van der Waals surface area contributed by atoms with Crippen LogP contribution in [0.1, 0.15) is 18.4 Å². The lowest BCUT2D eigenvalue weighted by Gasteiger charge is -2.47. The molecule has 0 aromatic heterocycles. The third-order valence-electron chi connectivity index (χ3n) is 6.71. The number of carbonyl (C=O) groups is 2. The molecule has 1 aromatic carbocycles. The number of benzene rings is 1. The van der Waals surface area contributed by atoms with Gasteiger partial charge >= 0.3 is 12.1 Å². The monoisotopic (exact) mass is 416 g/mol. The molecular formula is C22H32N4O4. The molecular weight excluding hydrogens is 384 g/mol. The van der Waals surface area contributed by atoms with E-state index in [4.69, 9.17) is 4.74 Å². The van der Waals surface area contributed by atoms with E-state index in [0.717, 1.165) is 45.6 Å². The molecule has 30 heavy (non-hydrogen) atoms. The van der Waals surface area contributed by atoms with Crippen molar-refractivity contribution in [2.24, 2.45) is 5.92 Å². The highest BCUT2D eigenvalue weighted by Crippen LogP contribution is 2.29. The zero-order valence-corrected chi connectivity index (χ0v) is 17.7. The average Bonchev–Trinajstić information content (AvgIpc) is 3.08. The Morgan fingerprint density at radius 1 is 1.10 bits per heavy atom. The lowest BCUT2D eigenvalue weighted by Crippen LogP contribution is -2.60. The van der Waals surface area contributed by atoms with Crippen LogP contribution in [0.3, 0.4) is 0 Å². The van der Waals surface area contributed by atoms with E-state index in [2.05, 4.69) is 39.0 Å². The highest BCUT2D eigenvalue weighted by Gasteiger charge is 2.41. The van der Waals surface area contributed by atoms with Crippen LogP contribution in [0.5, 0.6) is 0 Å². The summed E-state index contributed by atoms with van der Waals surface area (Å²) in [6.07, 6.45) is 1.62. The number of likely N-dealkylation sites (tertiary alicyclic amines) is 1. The van der Waals surface area contributed by atoms with Gasteiger partial charge < -0.3 is 14.7 Å². The molecule has 3 fully saturated rings. The fourth-order valence-corrected chi connectivity index (χ4v) is 5.03. The second-order valence-corrected chi connectivity index (χ2v) is 8.74. The summed E-state index contributed by atoms with van der Waals surface area (Å²) in [7, 11) is 1.75. The molecule has 8 nitrogen and oxygen atoms in total. The minimum absolute atomic E-state index is 0.0765. The SMILES string of the molecule is CN1CC(N2CCN(CC(=O)O)C(C3CCN(Cc4ccccc4)CC3)C2)OC1=O. The number of carboxylic acid groups (broad SMARTS) is 1. The van der Waals surface area contributed by atoms with Gasteiger partial charge in [0.15, 0.2) is 6.23 Å². The van der Waals surface area contributed by atoms with E-state index < -0.39 is 5.97 Å². The number of carboxylic acids is 1. The maximum atomic E-state index is 11.8. The van der Waals surface area contributed by atoms with Gasteiger partial charge in [0, 0.05) is 39.3 Å². The van der Waals surface area contributed by atoms with Gasteiger partial charge in [-0.15, -0.1) is 0 Å². The van der Waals surface area contributed by atoms with Gasteiger partial charge in [0.25, 0.3) is 0 Å². The topological polar surface area (TPSA) is 76.6 Å². The van der Waals surface area contributed by atoms with Crippen molar-refractivity contribution in [1.82, 2.24) is 19.6 Å². The van der Waals surface area contributed by atoms with Crippen LogP contribution in [0.25, 0.3) is 0 Å². The highest BCUT2D eigenvalue weighted by molar-refractivity contribution is 5.69. The number of ether oxygens (including phenoxy) is 1. The van der Waals surface area contributed by atoms with Crippen LogP contribution >= 0.6 is 0 Å². The Morgan fingerprint density at radius 3 is 2.47 bits per heavy atom. The number of carbonyl (C=O) groups excluding carboxylic acids is 1. The summed E-state index contributed by atoms with van der Waals surface area (Å²) < 4.78 is 5.52. The number of amides is 1. The third kappa shape index (κ3) is 4.94. The second kappa shape index (κ2) is 9.32. The van der Waals surface area contributed by atoms with Gasteiger partial charge in [-0.3, -0.25) is 19.5 Å². The van der Waals surface area contributed by atoms with Crippen LogP contribution in [0.2, 0.25) is 0 Å². The number of piperidine rings is 1. The number of piperazine rings is 1. The smallest absolute Gasteiger partial charge is 0.411 e. The molecule has 0 aliphatic carbocycles. The van der Waals surface area contributed by atoms with E-state index in [0.29, 0.717) is 19.0 Å². The van der Waals surface area contributed by atoms with Crippen molar-refractivity contribution in [3.8, 4) is 0 Å². The molecule has 0 saturated carbocycles. The van der Waals surface area contributed by atoms with Crippen LogP contribution < -0.4 is 0 Å². The maximum absolute atomic E-state index is 11.8. The molecule has 0 radical (unpaired) electrons. The fraction of sp³-hybridized carbons (Fsp3) is 0.636. The fourth-order valence-electron chi connectivity index (χ4n) is 5.03. The molecule has 164 valence electrons. The second-order valence-electron chi connectivity index (χ2n) is 8.74. The summed E-state index contributed by atoms with van der Waals surface area (Å²) in [6, 6.07) is 10.7. The summed E-state index contributed by atoms with van der Waals surface area (Å²) >= 11 is 0. The third-order valence-corrected chi connectivity index (χ3v) is 6.71. The highest BCUT2D eigenvalue weighted by atomic mass is 16.6. The zero-order valence-electron chi connectivity index (χ0n) is 17.7. The summed E-state index contributed by atoms with van der Waals surface area (Å²) in [5, 5.41) is 9.40. The molecule has 0 spiro atoms. The Balaban J connectivity index is 1.37. The van der Waals surface area contributed by atoms with E-state index in [1.807, 2.05) is 6.07 Å². The standard InChI is InChI=1S/C22H32N4O4/c1-23-15-20(30-22(23)29)26-12-11-25(16-21(27)28)19(14-26)18-7-9-24(10-8-18)13-17-5-3-2-4-6-17/h2-6,18-20H,7-16H2,1H3,(H,27,28). The minimum atomic E-state index is -0.776. The van der Waals surface area contributed by atoms with Crippen molar-refractivity contribution in [3.05, 3.63) is 35.9 Å². The van der Waals surface area contributed by atoms with E-state index in [-0.39, 0.29) is 24.9 Å². The van der Waals surface area contributed by atoms with Gasteiger partial charge in [0.2, 0.25) is 0 Å².